The third-order valence-electron chi connectivity index (χ3n) is 4.52. The Balaban J connectivity index is 2.85. The van der Waals surface area contributed by atoms with Crippen molar-refractivity contribution < 1.29 is 0 Å². The van der Waals surface area contributed by atoms with Gasteiger partial charge in [-0.3, -0.25) is 0 Å². The van der Waals surface area contributed by atoms with E-state index in [1.807, 2.05) is 13.0 Å². The third kappa shape index (κ3) is 1.79. The Morgan fingerprint density at radius 2 is 1.73 bits per heavy atom. The van der Waals surface area contributed by atoms with Gasteiger partial charge < -0.3 is 4.98 Å². The molecule has 0 spiro atoms. The van der Waals surface area contributed by atoms with Gasteiger partial charge in [0.15, 0.2) is 0 Å². The van der Waals surface area contributed by atoms with E-state index in [1.54, 1.807) is 0 Å². The second-order valence-electron chi connectivity index (χ2n) is 5.78. The summed E-state index contributed by atoms with van der Waals surface area (Å²) in [4.78, 5) is 3.41. The number of aromatic amines is 1. The van der Waals surface area contributed by atoms with Gasteiger partial charge in [-0.1, -0.05) is 44.0 Å². The van der Waals surface area contributed by atoms with E-state index in [4.69, 9.17) is 0 Å². The molecule has 1 aliphatic rings. The molecule has 0 unspecified atom stereocenters. The average molecular weight is 287 g/mol. The minimum absolute atomic E-state index is 0.958. The van der Waals surface area contributed by atoms with Crippen molar-refractivity contribution in [2.24, 2.45) is 0 Å². The van der Waals surface area contributed by atoms with E-state index in [2.05, 4.69) is 62.9 Å². The molecule has 0 fully saturated rings. The Bertz CT molecular complexity index is 1090. The highest BCUT2D eigenvalue weighted by Crippen LogP contribution is 2.25. The second kappa shape index (κ2) is 5.03. The fraction of sp³-hybridized carbons (Fsp3) is 0.143. The second-order valence-corrected chi connectivity index (χ2v) is 5.78. The lowest BCUT2D eigenvalue weighted by Gasteiger charge is -2.09. The molecule has 0 atom stereocenters. The maximum absolute atomic E-state index is 4.24. The lowest BCUT2D eigenvalue weighted by atomic mass is 9.96. The Kier molecular flexibility index (Phi) is 3.29. The highest BCUT2D eigenvalue weighted by atomic mass is 14.7. The van der Waals surface area contributed by atoms with E-state index < -0.39 is 0 Å². The summed E-state index contributed by atoms with van der Waals surface area (Å²) in [6.07, 6.45) is 6.19. The molecule has 0 saturated carbocycles. The van der Waals surface area contributed by atoms with Gasteiger partial charge in [-0.2, -0.15) is 0 Å². The quantitative estimate of drug-likeness (QED) is 0.873. The normalized spacial score (nSPS) is 15.0. The van der Waals surface area contributed by atoms with Gasteiger partial charge in [0.25, 0.3) is 0 Å². The first-order chi connectivity index (χ1) is 10.5. The fourth-order valence-electron chi connectivity index (χ4n) is 3.53. The summed E-state index contributed by atoms with van der Waals surface area (Å²) < 4.78 is 0. The van der Waals surface area contributed by atoms with E-state index in [-0.39, 0.29) is 0 Å². The van der Waals surface area contributed by atoms with E-state index in [0.717, 1.165) is 21.7 Å². The molecule has 3 rings (SSSR count). The number of nitrogens with one attached hydrogen (secondary N) is 1. The van der Waals surface area contributed by atoms with Gasteiger partial charge >= 0.3 is 0 Å². The summed E-state index contributed by atoms with van der Waals surface area (Å²) in [6.45, 7) is 18.9. The average Bonchev–Trinajstić information content (AvgIpc) is 2.78. The number of aromatic nitrogens is 1. The van der Waals surface area contributed by atoms with Crippen LogP contribution in [0.2, 0.25) is 0 Å². The van der Waals surface area contributed by atoms with Crippen molar-refractivity contribution in [2.75, 3.05) is 0 Å². The van der Waals surface area contributed by atoms with Gasteiger partial charge in [0, 0.05) is 21.5 Å². The molecule has 2 aromatic rings. The van der Waals surface area contributed by atoms with Crippen LogP contribution in [-0.2, 0) is 0 Å². The van der Waals surface area contributed by atoms with Crippen LogP contribution >= 0.6 is 0 Å². The molecule has 22 heavy (non-hydrogen) atoms. The number of allylic oxidation sites excluding steroid dienone is 5. The van der Waals surface area contributed by atoms with Gasteiger partial charge in [-0.25, -0.2) is 0 Å². The van der Waals surface area contributed by atoms with Gasteiger partial charge in [-0.15, -0.1) is 0 Å². The summed E-state index contributed by atoms with van der Waals surface area (Å²) in [5.41, 5.74) is 5.98. The summed E-state index contributed by atoms with van der Waals surface area (Å²) in [6, 6.07) is 4.15. The monoisotopic (exact) mass is 287 g/mol. The first-order valence-electron chi connectivity index (χ1n) is 7.51. The number of benzene rings is 1. The predicted molar refractivity (Wildman–Crippen MR) is 98.0 cm³/mol. The Labute approximate surface area is 130 Å². The van der Waals surface area contributed by atoms with Crippen LogP contribution in [0.3, 0.4) is 0 Å². The van der Waals surface area contributed by atoms with Crippen molar-refractivity contribution in [3.63, 3.8) is 0 Å². The van der Waals surface area contributed by atoms with Crippen molar-refractivity contribution in [3.05, 3.63) is 69.1 Å². The molecule has 1 nitrogen and oxygen atoms in total. The summed E-state index contributed by atoms with van der Waals surface area (Å²) in [7, 11) is 0. The molecule has 1 heterocycles. The van der Waals surface area contributed by atoms with Crippen LogP contribution in [0.4, 0.5) is 0 Å². The molecular weight excluding hydrogens is 266 g/mol. The molecular formula is C21H21N. The zero-order chi connectivity index (χ0) is 16.0. The Morgan fingerprint density at radius 3 is 2.36 bits per heavy atom. The highest BCUT2D eigenvalue weighted by molar-refractivity contribution is 5.94. The lowest BCUT2D eigenvalue weighted by molar-refractivity contribution is 1.34. The van der Waals surface area contributed by atoms with Gasteiger partial charge in [0.1, 0.15) is 0 Å². The van der Waals surface area contributed by atoms with Crippen molar-refractivity contribution in [1.29, 1.82) is 0 Å². The standard InChI is InChI=1S/C21H21N/c1-7-9-17-13(4)16(8-2)19-12(3)10-11-18-21(19)20(14(17)5)15(6)22-18/h7-11,22H,2-3,6H2,1,4-5H3/b9-7-. The molecule has 1 aromatic carbocycles. The van der Waals surface area contributed by atoms with Crippen LogP contribution in [0.25, 0.3) is 35.2 Å². The zero-order valence-electron chi connectivity index (χ0n) is 13.5. The van der Waals surface area contributed by atoms with Crippen LogP contribution in [0.15, 0.2) is 48.1 Å². The van der Waals surface area contributed by atoms with Crippen LogP contribution in [-0.4, -0.2) is 4.98 Å². The third-order valence-corrected chi connectivity index (χ3v) is 4.52. The maximum atomic E-state index is 4.24. The minimum Gasteiger partial charge on any atom is -0.355 e. The molecule has 0 bridgehead atoms. The van der Waals surface area contributed by atoms with Crippen molar-refractivity contribution in [2.45, 2.75) is 20.8 Å². The van der Waals surface area contributed by atoms with E-state index in [1.165, 1.54) is 32.5 Å². The van der Waals surface area contributed by atoms with Crippen molar-refractivity contribution >= 4 is 35.2 Å². The molecule has 0 saturated heterocycles. The van der Waals surface area contributed by atoms with E-state index in [0.29, 0.717) is 0 Å². The molecule has 0 aliphatic heterocycles. The van der Waals surface area contributed by atoms with Crippen LogP contribution in [0, 0.1) is 0 Å². The van der Waals surface area contributed by atoms with Gasteiger partial charge in [-0.05, 0) is 59.6 Å². The molecule has 1 heteroatoms. The molecule has 110 valence electrons. The smallest absolute Gasteiger partial charge is 0.0471 e. The highest BCUT2D eigenvalue weighted by Gasteiger charge is 2.15. The number of rotatable bonds is 2. The maximum Gasteiger partial charge on any atom is 0.0471 e. The first kappa shape index (κ1) is 14.4. The number of hydrogen-bond donors (Lipinski definition) is 1. The van der Waals surface area contributed by atoms with Crippen molar-refractivity contribution in [1.82, 2.24) is 4.98 Å². The van der Waals surface area contributed by atoms with E-state index in [9.17, 15) is 0 Å². The largest absolute Gasteiger partial charge is 0.355 e. The van der Waals surface area contributed by atoms with Crippen LogP contribution in [0.5, 0.6) is 0 Å². The lowest BCUT2D eigenvalue weighted by Crippen LogP contribution is -2.32. The molecule has 1 aliphatic carbocycles. The van der Waals surface area contributed by atoms with Crippen molar-refractivity contribution in [3.8, 4) is 0 Å². The van der Waals surface area contributed by atoms with Gasteiger partial charge in [0.2, 0.25) is 0 Å². The Hall–Kier alpha value is -2.54. The topological polar surface area (TPSA) is 15.8 Å². The summed E-state index contributed by atoms with van der Waals surface area (Å²) in [5.74, 6) is 0. The van der Waals surface area contributed by atoms with Crippen LogP contribution in [0.1, 0.15) is 20.8 Å². The molecule has 0 radical (unpaired) electrons. The summed E-state index contributed by atoms with van der Waals surface area (Å²) >= 11 is 0. The zero-order valence-corrected chi connectivity index (χ0v) is 13.5. The molecule has 0 amide bonds. The molecule has 1 N–H and O–H groups in total. The summed E-state index contributed by atoms with van der Waals surface area (Å²) in [5, 5.41) is 5.56. The Morgan fingerprint density at radius 1 is 1.00 bits per heavy atom. The van der Waals surface area contributed by atoms with Crippen LogP contribution < -0.4 is 21.0 Å². The predicted octanol–water partition coefficient (Wildman–Crippen LogP) is 2.40. The first-order valence-corrected chi connectivity index (χ1v) is 7.51. The van der Waals surface area contributed by atoms with E-state index >= 15 is 0 Å². The SMILES string of the molecule is C=CC1=c2c(=C)ccc3[nH]c(=C)c(c23)=C(C)C(/C=C\C)=C1C. The fourth-order valence-corrected chi connectivity index (χ4v) is 3.53. The number of hydrogen-bond acceptors (Lipinski definition) is 0. The molecule has 1 aromatic heterocycles. The number of H-pyrrole nitrogens is 1. The van der Waals surface area contributed by atoms with Gasteiger partial charge in [0.05, 0.1) is 0 Å². The minimum atomic E-state index is 0.958.